The SMILES string of the molecule is Cn1ncc(Br)c1CNC(=O)c1cccc(COc2cccc(Cl)c2Cl)c1. The van der Waals surface area contributed by atoms with Crippen LogP contribution in [0.1, 0.15) is 21.6 Å². The summed E-state index contributed by atoms with van der Waals surface area (Å²) in [6.45, 7) is 0.642. The number of rotatable bonds is 6. The first-order valence-electron chi connectivity index (χ1n) is 8.06. The second kappa shape index (κ2) is 8.78. The fourth-order valence-electron chi connectivity index (χ4n) is 2.46. The van der Waals surface area contributed by atoms with Gasteiger partial charge in [-0.2, -0.15) is 5.10 Å². The van der Waals surface area contributed by atoms with E-state index in [-0.39, 0.29) is 12.5 Å². The molecule has 3 aromatic rings. The number of aromatic nitrogens is 2. The molecular weight excluding hydrogens is 453 g/mol. The number of nitrogens with one attached hydrogen (secondary N) is 1. The molecule has 0 unspecified atom stereocenters. The van der Waals surface area contributed by atoms with E-state index in [0.29, 0.717) is 27.9 Å². The normalized spacial score (nSPS) is 10.7. The summed E-state index contributed by atoms with van der Waals surface area (Å²) in [5.74, 6) is 0.325. The van der Waals surface area contributed by atoms with E-state index in [1.165, 1.54) is 0 Å². The summed E-state index contributed by atoms with van der Waals surface area (Å²) < 4.78 is 8.29. The predicted molar refractivity (Wildman–Crippen MR) is 109 cm³/mol. The molecule has 1 amide bonds. The van der Waals surface area contributed by atoms with Crippen molar-refractivity contribution in [1.82, 2.24) is 15.1 Å². The molecular formula is C19H16BrCl2N3O2. The maximum atomic E-state index is 12.5. The van der Waals surface area contributed by atoms with E-state index in [9.17, 15) is 4.79 Å². The molecule has 0 aliphatic heterocycles. The molecule has 1 N–H and O–H groups in total. The Morgan fingerprint density at radius 3 is 2.78 bits per heavy atom. The van der Waals surface area contributed by atoms with Crippen LogP contribution in [0.2, 0.25) is 10.0 Å². The lowest BCUT2D eigenvalue weighted by atomic mass is 10.1. The Labute approximate surface area is 175 Å². The molecule has 0 aliphatic rings. The lowest BCUT2D eigenvalue weighted by molar-refractivity contribution is 0.0950. The fraction of sp³-hybridized carbons (Fsp3) is 0.158. The van der Waals surface area contributed by atoms with Gasteiger partial charge in [0, 0.05) is 12.6 Å². The van der Waals surface area contributed by atoms with Gasteiger partial charge in [0.25, 0.3) is 5.91 Å². The lowest BCUT2D eigenvalue weighted by Gasteiger charge is -2.10. The van der Waals surface area contributed by atoms with Crippen LogP contribution in [-0.4, -0.2) is 15.7 Å². The molecule has 0 radical (unpaired) electrons. The highest BCUT2D eigenvalue weighted by Gasteiger charge is 2.11. The van der Waals surface area contributed by atoms with Crippen molar-refractivity contribution >= 4 is 45.0 Å². The predicted octanol–water partition coefficient (Wildman–Crippen LogP) is 5.00. The van der Waals surface area contributed by atoms with E-state index >= 15 is 0 Å². The topological polar surface area (TPSA) is 56.2 Å². The van der Waals surface area contributed by atoms with Gasteiger partial charge >= 0.3 is 0 Å². The third-order valence-corrected chi connectivity index (χ3v) is 5.39. The van der Waals surface area contributed by atoms with Crippen molar-refractivity contribution in [3.05, 3.63) is 80.0 Å². The molecule has 0 atom stereocenters. The van der Waals surface area contributed by atoms with Crippen LogP contribution in [-0.2, 0) is 20.2 Å². The molecule has 8 heteroatoms. The maximum Gasteiger partial charge on any atom is 0.251 e. The van der Waals surface area contributed by atoms with Gasteiger partial charge in [-0.25, -0.2) is 0 Å². The number of aryl methyl sites for hydroxylation is 1. The first-order valence-corrected chi connectivity index (χ1v) is 9.61. The van der Waals surface area contributed by atoms with Crippen LogP contribution in [0.15, 0.2) is 53.1 Å². The molecule has 5 nitrogen and oxygen atoms in total. The second-order valence-corrected chi connectivity index (χ2v) is 7.43. The van der Waals surface area contributed by atoms with Crippen LogP contribution in [0.3, 0.4) is 0 Å². The van der Waals surface area contributed by atoms with Gasteiger partial charge in [-0.1, -0.05) is 41.4 Å². The smallest absolute Gasteiger partial charge is 0.251 e. The van der Waals surface area contributed by atoms with Gasteiger partial charge in [0.15, 0.2) is 0 Å². The number of nitrogens with zero attached hydrogens (tertiary/aromatic N) is 2. The highest BCUT2D eigenvalue weighted by Crippen LogP contribution is 2.31. The summed E-state index contributed by atoms with van der Waals surface area (Å²) in [6.07, 6.45) is 1.69. The van der Waals surface area contributed by atoms with Crippen molar-refractivity contribution in [3.63, 3.8) is 0 Å². The zero-order chi connectivity index (χ0) is 19.4. The van der Waals surface area contributed by atoms with Crippen LogP contribution < -0.4 is 10.1 Å². The number of halogens is 3. The van der Waals surface area contributed by atoms with E-state index in [1.54, 1.807) is 41.2 Å². The Hall–Kier alpha value is -2.02. The Morgan fingerprint density at radius 2 is 2.04 bits per heavy atom. The molecule has 0 saturated carbocycles. The maximum absolute atomic E-state index is 12.5. The summed E-state index contributed by atoms with van der Waals surface area (Å²) in [4.78, 5) is 12.5. The summed E-state index contributed by atoms with van der Waals surface area (Å²) >= 11 is 15.5. The summed E-state index contributed by atoms with van der Waals surface area (Å²) in [5, 5.41) is 7.82. The number of hydrogen-bond acceptors (Lipinski definition) is 3. The lowest BCUT2D eigenvalue weighted by Crippen LogP contribution is -2.24. The van der Waals surface area contributed by atoms with E-state index in [0.717, 1.165) is 15.7 Å². The minimum atomic E-state index is -0.175. The number of benzene rings is 2. The number of hydrogen-bond donors (Lipinski definition) is 1. The fourth-order valence-corrected chi connectivity index (χ4v) is 3.29. The average molecular weight is 469 g/mol. The number of ether oxygens (including phenoxy) is 1. The molecule has 0 spiro atoms. The van der Waals surface area contributed by atoms with Gasteiger partial charge in [0.2, 0.25) is 0 Å². The van der Waals surface area contributed by atoms with Crippen LogP contribution in [0.5, 0.6) is 5.75 Å². The Kier molecular flexibility index (Phi) is 6.42. The van der Waals surface area contributed by atoms with Crippen molar-refractivity contribution in [2.24, 2.45) is 7.05 Å². The van der Waals surface area contributed by atoms with Gasteiger partial charge in [-0.05, 0) is 45.8 Å². The van der Waals surface area contributed by atoms with Gasteiger partial charge < -0.3 is 10.1 Å². The number of carbonyl (C=O) groups excluding carboxylic acids is 1. The molecule has 140 valence electrons. The third kappa shape index (κ3) is 4.83. The number of amides is 1. The molecule has 1 heterocycles. The largest absolute Gasteiger partial charge is 0.487 e. The third-order valence-electron chi connectivity index (χ3n) is 3.93. The minimum Gasteiger partial charge on any atom is -0.487 e. The number of carbonyl (C=O) groups is 1. The van der Waals surface area contributed by atoms with E-state index in [2.05, 4.69) is 26.3 Å². The zero-order valence-electron chi connectivity index (χ0n) is 14.4. The molecule has 1 aromatic heterocycles. The van der Waals surface area contributed by atoms with Gasteiger partial charge in [-0.3, -0.25) is 9.48 Å². The van der Waals surface area contributed by atoms with Crippen molar-refractivity contribution in [1.29, 1.82) is 0 Å². The first-order chi connectivity index (χ1) is 13.0. The highest BCUT2D eigenvalue weighted by atomic mass is 79.9. The summed E-state index contributed by atoms with van der Waals surface area (Å²) in [6, 6.07) is 12.4. The van der Waals surface area contributed by atoms with Crippen LogP contribution in [0, 0.1) is 0 Å². The zero-order valence-corrected chi connectivity index (χ0v) is 17.5. The van der Waals surface area contributed by atoms with E-state index in [4.69, 9.17) is 27.9 Å². The second-order valence-electron chi connectivity index (χ2n) is 5.79. The Morgan fingerprint density at radius 1 is 1.26 bits per heavy atom. The van der Waals surface area contributed by atoms with E-state index in [1.807, 2.05) is 19.2 Å². The van der Waals surface area contributed by atoms with E-state index < -0.39 is 0 Å². The summed E-state index contributed by atoms with van der Waals surface area (Å²) in [7, 11) is 1.82. The van der Waals surface area contributed by atoms with Gasteiger partial charge in [0.05, 0.1) is 27.9 Å². The van der Waals surface area contributed by atoms with Gasteiger partial charge in [0.1, 0.15) is 17.4 Å². The molecule has 2 aromatic carbocycles. The summed E-state index contributed by atoms with van der Waals surface area (Å²) in [5.41, 5.74) is 2.28. The van der Waals surface area contributed by atoms with Crippen LogP contribution >= 0.6 is 39.1 Å². The highest BCUT2D eigenvalue weighted by molar-refractivity contribution is 9.10. The quantitative estimate of drug-likeness (QED) is 0.553. The molecule has 0 saturated heterocycles. The van der Waals surface area contributed by atoms with Crippen molar-refractivity contribution in [3.8, 4) is 5.75 Å². The van der Waals surface area contributed by atoms with Gasteiger partial charge in [-0.15, -0.1) is 0 Å². The Bertz CT molecular complexity index is 956. The minimum absolute atomic E-state index is 0.175. The van der Waals surface area contributed by atoms with Crippen molar-refractivity contribution in [2.45, 2.75) is 13.2 Å². The Balaban J connectivity index is 1.64. The van der Waals surface area contributed by atoms with Crippen LogP contribution in [0.4, 0.5) is 0 Å². The first kappa shape index (κ1) is 19.7. The van der Waals surface area contributed by atoms with Crippen LogP contribution in [0.25, 0.3) is 0 Å². The monoisotopic (exact) mass is 467 g/mol. The molecule has 0 bridgehead atoms. The van der Waals surface area contributed by atoms with Crippen molar-refractivity contribution < 1.29 is 9.53 Å². The van der Waals surface area contributed by atoms with Crippen molar-refractivity contribution in [2.75, 3.05) is 0 Å². The molecule has 0 aliphatic carbocycles. The standard InChI is InChI=1S/C19H16BrCl2N3O2/c1-25-16(14(20)9-24-25)10-23-19(26)13-5-2-4-12(8-13)11-27-17-7-3-6-15(21)18(17)22/h2-9H,10-11H2,1H3,(H,23,26). The molecule has 27 heavy (non-hydrogen) atoms. The molecule has 3 rings (SSSR count). The average Bonchev–Trinajstić information content (AvgIpc) is 2.99. The molecule has 0 fully saturated rings.